The molecule has 0 bridgehead atoms. The lowest BCUT2D eigenvalue weighted by atomic mass is 10.1. The van der Waals surface area contributed by atoms with E-state index in [1.54, 1.807) is 0 Å². The lowest BCUT2D eigenvalue weighted by Crippen LogP contribution is -2.47. The molecule has 0 atom stereocenters. The Hall–Kier alpha value is -2.89. The van der Waals surface area contributed by atoms with E-state index in [4.69, 9.17) is 16.7 Å². The summed E-state index contributed by atoms with van der Waals surface area (Å²) in [6.45, 7) is 7.20. The summed E-state index contributed by atoms with van der Waals surface area (Å²) in [4.78, 5) is 17.4. The Morgan fingerprint density at radius 1 is 0.968 bits per heavy atom. The lowest BCUT2D eigenvalue weighted by molar-refractivity contribution is 0.0662. The highest BCUT2D eigenvalue weighted by molar-refractivity contribution is 6.30. The van der Waals surface area contributed by atoms with Crippen molar-refractivity contribution in [3.63, 3.8) is 0 Å². The Labute approximate surface area is 188 Å². The van der Waals surface area contributed by atoms with Crippen LogP contribution >= 0.6 is 11.6 Å². The molecule has 1 aliphatic rings. The Kier molecular flexibility index (Phi) is 6.25. The number of piperazine rings is 1. The normalized spacial score (nSPS) is 15.0. The first-order chi connectivity index (χ1) is 14.9. The van der Waals surface area contributed by atoms with Gasteiger partial charge in [0, 0.05) is 31.2 Å². The van der Waals surface area contributed by atoms with E-state index < -0.39 is 0 Å². The van der Waals surface area contributed by atoms with Gasteiger partial charge < -0.3 is 9.80 Å². The smallest absolute Gasteiger partial charge is 0.257 e. The Morgan fingerprint density at radius 3 is 2.35 bits per heavy atom. The minimum Gasteiger partial charge on any atom is -0.336 e. The molecule has 1 amide bonds. The van der Waals surface area contributed by atoms with E-state index in [9.17, 15) is 4.79 Å². The van der Waals surface area contributed by atoms with Crippen LogP contribution in [0.2, 0.25) is 5.02 Å². The summed E-state index contributed by atoms with van der Waals surface area (Å²) in [6, 6.07) is 15.9. The quantitative estimate of drug-likeness (QED) is 0.559. The average molecular weight is 435 g/mol. The number of likely N-dealkylation sites (N-methyl/N-ethyl adjacent to an activating group) is 1. The van der Waals surface area contributed by atoms with Gasteiger partial charge >= 0.3 is 0 Å². The maximum Gasteiger partial charge on any atom is 0.257 e. The molecule has 0 N–H and O–H groups in total. The molecule has 0 radical (unpaired) electrons. The Balaban J connectivity index is 1.59. The Bertz CT molecular complexity index is 1110. The summed E-state index contributed by atoms with van der Waals surface area (Å²) in [5.41, 5.74) is 5.44. The van der Waals surface area contributed by atoms with Crippen LogP contribution in [0.5, 0.6) is 0 Å². The van der Waals surface area contributed by atoms with Gasteiger partial charge in [-0.1, -0.05) is 48.0 Å². The van der Waals surface area contributed by atoms with Crippen molar-refractivity contribution < 1.29 is 4.79 Å². The van der Waals surface area contributed by atoms with Crippen LogP contribution in [0.15, 0.2) is 48.5 Å². The van der Waals surface area contributed by atoms with E-state index in [0.717, 1.165) is 59.4 Å². The zero-order valence-electron chi connectivity index (χ0n) is 18.2. The number of rotatable bonds is 4. The summed E-state index contributed by atoms with van der Waals surface area (Å²) < 4.78 is 1.87. The molecule has 2 heterocycles. The van der Waals surface area contributed by atoms with E-state index in [1.165, 1.54) is 0 Å². The zero-order valence-corrected chi connectivity index (χ0v) is 18.9. The second-order valence-electron chi connectivity index (χ2n) is 8.03. The van der Waals surface area contributed by atoms with E-state index in [0.29, 0.717) is 5.56 Å². The molecule has 31 heavy (non-hydrogen) atoms. The van der Waals surface area contributed by atoms with Crippen molar-refractivity contribution in [2.24, 2.45) is 0 Å². The predicted octanol–water partition coefficient (Wildman–Crippen LogP) is 4.70. The van der Waals surface area contributed by atoms with Crippen LogP contribution < -0.4 is 0 Å². The number of hydrogen-bond donors (Lipinski definition) is 0. The first-order valence-electron chi connectivity index (χ1n) is 10.5. The molecule has 2 aromatic carbocycles. The number of hydrogen-bond acceptors (Lipinski definition) is 3. The summed E-state index contributed by atoms with van der Waals surface area (Å²) in [5, 5.41) is 5.43. The minimum absolute atomic E-state index is 0.0770. The van der Waals surface area contributed by atoms with Gasteiger partial charge in [0.15, 0.2) is 0 Å². The van der Waals surface area contributed by atoms with Crippen LogP contribution in [0.1, 0.15) is 32.9 Å². The summed E-state index contributed by atoms with van der Waals surface area (Å²) in [7, 11) is 2.09. The van der Waals surface area contributed by atoms with Crippen molar-refractivity contribution in [3.8, 4) is 5.69 Å². The van der Waals surface area contributed by atoms with Gasteiger partial charge in [0.2, 0.25) is 0 Å². The van der Waals surface area contributed by atoms with Gasteiger partial charge in [-0.25, -0.2) is 4.68 Å². The molecule has 1 aliphatic heterocycles. The molecular formula is C25H27ClN4O. The van der Waals surface area contributed by atoms with Crippen molar-refractivity contribution in [2.45, 2.75) is 13.8 Å². The highest BCUT2D eigenvalue weighted by atomic mass is 35.5. The molecule has 4 rings (SSSR count). The topological polar surface area (TPSA) is 41.4 Å². The number of carbonyl (C=O) groups is 1. The first kappa shape index (κ1) is 21.3. The van der Waals surface area contributed by atoms with Crippen LogP contribution in [0, 0.1) is 13.8 Å². The lowest BCUT2D eigenvalue weighted by Gasteiger charge is -2.32. The molecule has 0 aliphatic carbocycles. The van der Waals surface area contributed by atoms with Gasteiger partial charge in [-0.15, -0.1) is 0 Å². The molecule has 3 aromatic rings. The fraction of sp³-hybridized carbons (Fsp3) is 0.280. The van der Waals surface area contributed by atoms with Gasteiger partial charge in [-0.05, 0) is 56.3 Å². The second-order valence-corrected chi connectivity index (χ2v) is 8.47. The SMILES string of the molecule is Cc1nn(-c2cccc(/C=C/c3ccc(Cl)cc3)c2)c(C)c1C(=O)N1CCN(C)CC1. The van der Waals surface area contributed by atoms with Crippen molar-refractivity contribution in [2.75, 3.05) is 33.2 Å². The fourth-order valence-electron chi connectivity index (χ4n) is 3.90. The van der Waals surface area contributed by atoms with E-state index >= 15 is 0 Å². The number of benzene rings is 2. The highest BCUT2D eigenvalue weighted by Crippen LogP contribution is 2.22. The maximum atomic E-state index is 13.2. The van der Waals surface area contributed by atoms with E-state index in [2.05, 4.69) is 36.2 Å². The standard InChI is InChI=1S/C25H27ClN4O/c1-18-24(25(31)29-15-13-28(3)14-16-29)19(2)30(27-18)23-6-4-5-21(17-23)8-7-20-9-11-22(26)12-10-20/h4-12,17H,13-16H2,1-3H3/b8-7+. The van der Waals surface area contributed by atoms with Crippen LogP contribution in [0.4, 0.5) is 0 Å². The van der Waals surface area contributed by atoms with Crippen LogP contribution in [-0.4, -0.2) is 58.7 Å². The summed E-state index contributed by atoms with van der Waals surface area (Å²) in [6.07, 6.45) is 4.12. The first-order valence-corrected chi connectivity index (χ1v) is 10.9. The van der Waals surface area contributed by atoms with Crippen molar-refractivity contribution in [3.05, 3.63) is 81.6 Å². The Morgan fingerprint density at radius 2 is 1.65 bits per heavy atom. The van der Waals surface area contributed by atoms with Gasteiger partial charge in [-0.2, -0.15) is 5.10 Å². The molecule has 1 saturated heterocycles. The third kappa shape index (κ3) is 4.73. The molecule has 5 nitrogen and oxygen atoms in total. The second kappa shape index (κ2) is 9.08. The van der Waals surface area contributed by atoms with Crippen molar-refractivity contribution in [1.82, 2.24) is 19.6 Å². The third-order valence-corrected chi connectivity index (χ3v) is 6.00. The minimum atomic E-state index is 0.0770. The number of carbonyl (C=O) groups excluding carboxylic acids is 1. The number of amides is 1. The number of aryl methyl sites for hydroxylation is 1. The molecule has 0 saturated carbocycles. The zero-order chi connectivity index (χ0) is 22.0. The third-order valence-electron chi connectivity index (χ3n) is 5.75. The number of halogens is 1. The highest BCUT2D eigenvalue weighted by Gasteiger charge is 2.26. The van der Waals surface area contributed by atoms with Crippen LogP contribution in [-0.2, 0) is 0 Å². The molecule has 1 aromatic heterocycles. The molecule has 6 heteroatoms. The monoisotopic (exact) mass is 434 g/mol. The van der Waals surface area contributed by atoms with Gasteiger partial charge in [0.1, 0.15) is 0 Å². The largest absolute Gasteiger partial charge is 0.336 e. The molecule has 0 unspecified atom stereocenters. The number of nitrogens with zero attached hydrogens (tertiary/aromatic N) is 4. The van der Waals surface area contributed by atoms with Gasteiger partial charge in [-0.3, -0.25) is 4.79 Å². The van der Waals surface area contributed by atoms with Crippen molar-refractivity contribution in [1.29, 1.82) is 0 Å². The number of aromatic nitrogens is 2. The molecule has 160 valence electrons. The van der Waals surface area contributed by atoms with E-state index in [1.807, 2.05) is 59.8 Å². The predicted molar refractivity (Wildman–Crippen MR) is 127 cm³/mol. The summed E-state index contributed by atoms with van der Waals surface area (Å²) >= 11 is 5.96. The molecular weight excluding hydrogens is 408 g/mol. The average Bonchev–Trinajstić information content (AvgIpc) is 3.07. The summed E-state index contributed by atoms with van der Waals surface area (Å²) in [5.74, 6) is 0.0770. The molecule has 0 spiro atoms. The van der Waals surface area contributed by atoms with Gasteiger partial charge in [0.25, 0.3) is 5.91 Å². The fourth-order valence-corrected chi connectivity index (χ4v) is 4.02. The van der Waals surface area contributed by atoms with Crippen LogP contribution in [0.3, 0.4) is 0 Å². The van der Waals surface area contributed by atoms with E-state index in [-0.39, 0.29) is 5.91 Å². The van der Waals surface area contributed by atoms with Crippen molar-refractivity contribution >= 4 is 29.7 Å². The van der Waals surface area contributed by atoms with Gasteiger partial charge in [0.05, 0.1) is 22.6 Å². The van der Waals surface area contributed by atoms with Crippen LogP contribution in [0.25, 0.3) is 17.8 Å². The maximum absolute atomic E-state index is 13.2. The molecule has 1 fully saturated rings.